The van der Waals surface area contributed by atoms with E-state index in [0.717, 1.165) is 33.7 Å². The highest BCUT2D eigenvalue weighted by molar-refractivity contribution is 8.00. The third-order valence-electron chi connectivity index (χ3n) is 4.29. The van der Waals surface area contributed by atoms with Crippen LogP contribution >= 0.6 is 11.8 Å². The first kappa shape index (κ1) is 13.0. The maximum atomic E-state index is 4.85. The minimum atomic E-state index is 0.514. The molecule has 0 amide bonds. The molecule has 0 fully saturated rings. The SMILES string of the molecule is C1=CCC2Sc3nc(-c4cc5ccccc5nn4)ccc3C2=C1. The van der Waals surface area contributed by atoms with Crippen molar-refractivity contribution in [3.05, 3.63) is 66.3 Å². The number of allylic oxidation sites excluding steroid dienone is 3. The van der Waals surface area contributed by atoms with Crippen LogP contribution in [-0.4, -0.2) is 20.4 Å². The third-order valence-corrected chi connectivity index (χ3v) is 5.56. The number of benzene rings is 1. The Balaban J connectivity index is 1.60. The zero-order chi connectivity index (χ0) is 15.2. The van der Waals surface area contributed by atoms with Crippen molar-refractivity contribution in [2.45, 2.75) is 16.7 Å². The molecule has 0 N–H and O–H groups in total. The lowest BCUT2D eigenvalue weighted by atomic mass is 9.98. The van der Waals surface area contributed by atoms with Gasteiger partial charge in [-0.1, -0.05) is 48.2 Å². The quantitative estimate of drug-likeness (QED) is 0.662. The predicted molar refractivity (Wildman–Crippen MR) is 94.1 cm³/mol. The molecule has 110 valence electrons. The van der Waals surface area contributed by atoms with E-state index in [9.17, 15) is 0 Å². The normalized spacial score (nSPS) is 18.6. The Bertz CT molecular complexity index is 991. The average molecular weight is 315 g/mol. The van der Waals surface area contributed by atoms with Crippen LogP contribution in [0.15, 0.2) is 65.7 Å². The second kappa shape index (κ2) is 5.03. The summed E-state index contributed by atoms with van der Waals surface area (Å²) >= 11 is 1.85. The molecule has 1 aliphatic carbocycles. The number of pyridine rings is 1. The molecular formula is C19H13N3S. The van der Waals surface area contributed by atoms with Gasteiger partial charge in [-0.2, -0.15) is 0 Å². The molecule has 3 heterocycles. The summed E-state index contributed by atoms with van der Waals surface area (Å²) in [7, 11) is 0. The van der Waals surface area contributed by atoms with Crippen molar-refractivity contribution < 1.29 is 0 Å². The molecule has 0 radical (unpaired) electrons. The van der Waals surface area contributed by atoms with Crippen LogP contribution in [0, 0.1) is 0 Å². The molecule has 2 aromatic heterocycles. The molecule has 4 heteroatoms. The number of fused-ring (bicyclic) bond motifs is 4. The molecule has 0 spiro atoms. The van der Waals surface area contributed by atoms with Crippen LogP contribution in [0.1, 0.15) is 12.0 Å². The van der Waals surface area contributed by atoms with Gasteiger partial charge in [0.1, 0.15) is 10.7 Å². The minimum Gasteiger partial charge on any atom is -0.239 e. The molecule has 1 aliphatic heterocycles. The molecule has 1 unspecified atom stereocenters. The molecule has 3 aromatic rings. The van der Waals surface area contributed by atoms with Gasteiger partial charge < -0.3 is 0 Å². The van der Waals surface area contributed by atoms with Crippen molar-refractivity contribution in [3.8, 4) is 11.4 Å². The lowest BCUT2D eigenvalue weighted by Crippen LogP contribution is -2.00. The topological polar surface area (TPSA) is 38.7 Å². The van der Waals surface area contributed by atoms with Crippen molar-refractivity contribution >= 4 is 28.2 Å². The van der Waals surface area contributed by atoms with E-state index in [1.807, 2.05) is 30.0 Å². The average Bonchev–Trinajstić information content (AvgIpc) is 2.99. The monoisotopic (exact) mass is 315 g/mol. The van der Waals surface area contributed by atoms with Crippen LogP contribution in [0.5, 0.6) is 0 Å². The highest BCUT2D eigenvalue weighted by Gasteiger charge is 2.29. The molecule has 0 saturated heterocycles. The summed E-state index contributed by atoms with van der Waals surface area (Å²) in [5, 5.41) is 11.4. The van der Waals surface area contributed by atoms with Gasteiger partial charge in [-0.25, -0.2) is 4.98 Å². The maximum Gasteiger partial charge on any atom is 0.112 e. The Hall–Kier alpha value is -2.46. The maximum absolute atomic E-state index is 4.85. The Morgan fingerprint density at radius 3 is 2.96 bits per heavy atom. The van der Waals surface area contributed by atoms with Crippen molar-refractivity contribution in [1.82, 2.24) is 15.2 Å². The molecular weight excluding hydrogens is 302 g/mol. The van der Waals surface area contributed by atoms with Gasteiger partial charge in [0.15, 0.2) is 0 Å². The zero-order valence-corrected chi connectivity index (χ0v) is 13.1. The molecule has 1 aromatic carbocycles. The van der Waals surface area contributed by atoms with Gasteiger partial charge in [0, 0.05) is 16.2 Å². The molecule has 1 atom stereocenters. The highest BCUT2D eigenvalue weighted by atomic mass is 32.2. The van der Waals surface area contributed by atoms with Crippen molar-refractivity contribution in [1.29, 1.82) is 0 Å². The Morgan fingerprint density at radius 2 is 1.96 bits per heavy atom. The van der Waals surface area contributed by atoms with E-state index in [0.29, 0.717) is 5.25 Å². The summed E-state index contributed by atoms with van der Waals surface area (Å²) in [4.78, 5) is 4.85. The largest absolute Gasteiger partial charge is 0.239 e. The Morgan fingerprint density at radius 1 is 1.00 bits per heavy atom. The minimum absolute atomic E-state index is 0.514. The second-order valence-electron chi connectivity index (χ2n) is 5.73. The molecule has 3 nitrogen and oxygen atoms in total. The van der Waals surface area contributed by atoms with Crippen LogP contribution in [-0.2, 0) is 0 Å². The smallest absolute Gasteiger partial charge is 0.112 e. The predicted octanol–water partition coefficient (Wildman–Crippen LogP) is 4.51. The van der Waals surface area contributed by atoms with Crippen LogP contribution < -0.4 is 0 Å². The molecule has 0 bridgehead atoms. The summed E-state index contributed by atoms with van der Waals surface area (Å²) in [5.74, 6) is 0. The van der Waals surface area contributed by atoms with Gasteiger partial charge in [0.25, 0.3) is 0 Å². The number of hydrogen-bond donors (Lipinski definition) is 0. The van der Waals surface area contributed by atoms with E-state index in [4.69, 9.17) is 4.98 Å². The van der Waals surface area contributed by atoms with E-state index in [2.05, 4.69) is 52.7 Å². The van der Waals surface area contributed by atoms with Gasteiger partial charge in [-0.15, -0.1) is 10.2 Å². The lowest BCUT2D eigenvalue weighted by molar-refractivity contribution is 1.05. The van der Waals surface area contributed by atoms with Crippen molar-refractivity contribution in [3.63, 3.8) is 0 Å². The molecule has 0 saturated carbocycles. The van der Waals surface area contributed by atoms with Gasteiger partial charge in [0.2, 0.25) is 0 Å². The summed E-state index contributed by atoms with van der Waals surface area (Å²) in [5.41, 5.74) is 5.29. The van der Waals surface area contributed by atoms with Gasteiger partial charge >= 0.3 is 0 Å². The van der Waals surface area contributed by atoms with Crippen LogP contribution in [0.25, 0.3) is 27.9 Å². The van der Waals surface area contributed by atoms with Crippen molar-refractivity contribution in [2.24, 2.45) is 0 Å². The Kier molecular flexibility index (Phi) is 2.85. The van der Waals surface area contributed by atoms with Gasteiger partial charge in [0.05, 0.1) is 11.2 Å². The second-order valence-corrected chi connectivity index (χ2v) is 6.92. The fraction of sp³-hybridized carbons (Fsp3) is 0.105. The van der Waals surface area contributed by atoms with Crippen LogP contribution in [0.4, 0.5) is 0 Å². The molecule has 2 aliphatic rings. The van der Waals surface area contributed by atoms with Crippen molar-refractivity contribution in [2.75, 3.05) is 0 Å². The number of thioether (sulfide) groups is 1. The number of nitrogens with zero attached hydrogens (tertiary/aromatic N) is 3. The summed E-state index contributed by atoms with van der Waals surface area (Å²) in [6, 6.07) is 14.3. The summed E-state index contributed by atoms with van der Waals surface area (Å²) in [6.45, 7) is 0. The summed E-state index contributed by atoms with van der Waals surface area (Å²) in [6.07, 6.45) is 7.66. The van der Waals surface area contributed by atoms with E-state index >= 15 is 0 Å². The van der Waals surface area contributed by atoms with Gasteiger partial charge in [-0.3, -0.25) is 0 Å². The van der Waals surface area contributed by atoms with E-state index < -0.39 is 0 Å². The van der Waals surface area contributed by atoms with Crippen LogP contribution in [0.3, 0.4) is 0 Å². The van der Waals surface area contributed by atoms with E-state index in [1.165, 1.54) is 11.1 Å². The number of aromatic nitrogens is 3. The van der Waals surface area contributed by atoms with Gasteiger partial charge in [-0.05, 0) is 36.3 Å². The first-order valence-corrected chi connectivity index (χ1v) is 8.54. The number of rotatable bonds is 1. The first-order valence-electron chi connectivity index (χ1n) is 7.66. The lowest BCUT2D eigenvalue weighted by Gasteiger charge is -2.10. The fourth-order valence-electron chi connectivity index (χ4n) is 3.12. The van der Waals surface area contributed by atoms with E-state index in [-0.39, 0.29) is 0 Å². The Labute approximate surface area is 138 Å². The van der Waals surface area contributed by atoms with Crippen LogP contribution in [0.2, 0.25) is 0 Å². The fourth-order valence-corrected chi connectivity index (χ4v) is 4.39. The molecule has 5 rings (SSSR count). The molecule has 23 heavy (non-hydrogen) atoms. The van der Waals surface area contributed by atoms with E-state index in [1.54, 1.807) is 0 Å². The third kappa shape index (κ3) is 2.10. The summed E-state index contributed by atoms with van der Waals surface area (Å²) < 4.78 is 0. The highest BCUT2D eigenvalue weighted by Crippen LogP contribution is 2.47. The zero-order valence-electron chi connectivity index (χ0n) is 12.3. The first-order chi connectivity index (χ1) is 11.4. The standard InChI is InChI=1S/C19H13N3S/c1-3-7-15-12(5-1)11-17(22-21-15)16-10-9-14-13-6-2-4-8-18(13)23-19(14)20-16/h1-7,9-11,18H,8H2. The number of hydrogen-bond acceptors (Lipinski definition) is 4.